The van der Waals surface area contributed by atoms with Crippen LogP contribution in [0.3, 0.4) is 0 Å². The molecular weight excluding hydrogens is 264 g/mol. The maximum absolute atomic E-state index is 3.42. The molecule has 3 heteroatoms. The zero-order chi connectivity index (χ0) is 13.9. The molecule has 20 heavy (non-hydrogen) atoms. The van der Waals surface area contributed by atoms with Gasteiger partial charge >= 0.3 is 0 Å². The summed E-state index contributed by atoms with van der Waals surface area (Å²) in [6.45, 7) is 0. The minimum Gasteiger partial charge on any atom is -0.378 e. The first kappa shape index (κ1) is 12.9. The van der Waals surface area contributed by atoms with Crippen LogP contribution in [-0.4, -0.2) is 14.1 Å². The van der Waals surface area contributed by atoms with Crippen molar-refractivity contribution in [3.8, 4) is 0 Å². The average molecular weight is 281 g/mol. The van der Waals surface area contributed by atoms with Crippen LogP contribution in [0.2, 0.25) is 0 Å². The predicted octanol–water partition coefficient (Wildman–Crippen LogP) is 3.95. The van der Waals surface area contributed by atoms with Crippen molar-refractivity contribution in [2.45, 2.75) is 0 Å². The topological polar surface area (TPSA) is 17.4 Å². The Hall–Kier alpha value is -2.13. The summed E-state index contributed by atoms with van der Waals surface area (Å²) in [6.07, 6.45) is 4.27. The van der Waals surface area contributed by atoms with Gasteiger partial charge in [-0.25, -0.2) is 0 Å². The van der Waals surface area contributed by atoms with Crippen molar-refractivity contribution in [3.05, 3.63) is 59.1 Å². The fourth-order valence-electron chi connectivity index (χ4n) is 2.07. The number of thiazole rings is 1. The Morgan fingerprint density at radius 2 is 1.70 bits per heavy atom. The van der Waals surface area contributed by atoms with Crippen LogP contribution in [0, 0.1) is 0 Å². The first-order chi connectivity index (χ1) is 9.72. The molecular formula is C17H17N2S+. The number of aromatic amines is 1. The zero-order valence-electron chi connectivity index (χ0n) is 11.6. The largest absolute Gasteiger partial charge is 0.378 e. The van der Waals surface area contributed by atoms with E-state index in [0.717, 1.165) is 0 Å². The lowest BCUT2D eigenvalue weighted by atomic mass is 10.2. The van der Waals surface area contributed by atoms with Gasteiger partial charge < -0.3 is 4.90 Å². The predicted molar refractivity (Wildman–Crippen MR) is 88.1 cm³/mol. The Morgan fingerprint density at radius 3 is 2.40 bits per heavy atom. The first-order valence-corrected chi connectivity index (χ1v) is 7.40. The van der Waals surface area contributed by atoms with E-state index in [0.29, 0.717) is 0 Å². The molecule has 2 aromatic carbocycles. The minimum atomic E-state index is 1.17. The molecule has 3 aromatic rings. The maximum atomic E-state index is 3.42. The molecule has 0 amide bonds. The second-order valence-electron chi connectivity index (χ2n) is 4.91. The van der Waals surface area contributed by atoms with Gasteiger partial charge in [0.1, 0.15) is 4.70 Å². The third kappa shape index (κ3) is 2.73. The summed E-state index contributed by atoms with van der Waals surface area (Å²) in [7, 11) is 4.11. The van der Waals surface area contributed by atoms with E-state index in [9.17, 15) is 0 Å². The number of benzene rings is 2. The van der Waals surface area contributed by atoms with Gasteiger partial charge in [0.2, 0.25) is 5.52 Å². The van der Waals surface area contributed by atoms with E-state index in [-0.39, 0.29) is 0 Å². The molecule has 3 rings (SSSR count). The molecule has 0 atom stereocenters. The van der Waals surface area contributed by atoms with E-state index in [4.69, 9.17) is 0 Å². The van der Waals surface area contributed by atoms with Crippen LogP contribution in [0.5, 0.6) is 0 Å². The Kier molecular flexibility index (Phi) is 3.52. The normalized spacial score (nSPS) is 11.3. The summed E-state index contributed by atoms with van der Waals surface area (Å²) >= 11 is 1.77. The van der Waals surface area contributed by atoms with E-state index in [1.807, 2.05) is 0 Å². The highest BCUT2D eigenvalue weighted by Gasteiger charge is 2.06. The summed E-state index contributed by atoms with van der Waals surface area (Å²) < 4.78 is 1.29. The standard InChI is InChI=1S/C17H16N2S/c1-19(2)14-10-7-13(8-11-14)9-12-17-18-15-5-3-4-6-16(15)20-17/h3-12H,1-2H3/p+1. The number of nitrogens with one attached hydrogen (secondary N) is 1. The second-order valence-corrected chi connectivity index (χ2v) is 5.99. The molecule has 1 aromatic heterocycles. The molecule has 1 heterocycles. The van der Waals surface area contributed by atoms with Crippen molar-refractivity contribution < 1.29 is 4.98 Å². The lowest BCUT2D eigenvalue weighted by Gasteiger charge is -2.11. The highest BCUT2D eigenvalue weighted by molar-refractivity contribution is 7.18. The number of para-hydroxylation sites is 1. The molecule has 0 spiro atoms. The average Bonchev–Trinajstić information content (AvgIpc) is 2.88. The van der Waals surface area contributed by atoms with Crippen molar-refractivity contribution in [1.29, 1.82) is 0 Å². The van der Waals surface area contributed by atoms with Crippen LogP contribution in [-0.2, 0) is 0 Å². The summed E-state index contributed by atoms with van der Waals surface area (Å²) in [6, 6.07) is 16.9. The molecule has 0 saturated carbocycles. The summed E-state index contributed by atoms with van der Waals surface area (Å²) in [4.78, 5) is 5.52. The molecule has 0 aliphatic carbocycles. The van der Waals surface area contributed by atoms with Crippen molar-refractivity contribution in [2.75, 3.05) is 19.0 Å². The Bertz CT molecular complexity index is 706. The highest BCUT2D eigenvalue weighted by Crippen LogP contribution is 2.20. The molecule has 0 aliphatic heterocycles. The zero-order valence-corrected chi connectivity index (χ0v) is 12.4. The van der Waals surface area contributed by atoms with E-state index < -0.39 is 0 Å². The summed E-state index contributed by atoms with van der Waals surface area (Å²) in [5.41, 5.74) is 3.62. The van der Waals surface area contributed by atoms with Gasteiger partial charge in [0.15, 0.2) is 0 Å². The van der Waals surface area contributed by atoms with E-state index in [1.165, 1.54) is 26.5 Å². The molecule has 0 bridgehead atoms. The monoisotopic (exact) mass is 281 g/mol. The lowest BCUT2D eigenvalue weighted by molar-refractivity contribution is -0.340. The van der Waals surface area contributed by atoms with Gasteiger partial charge in [-0.1, -0.05) is 35.6 Å². The third-order valence-corrected chi connectivity index (χ3v) is 4.24. The van der Waals surface area contributed by atoms with Gasteiger partial charge in [0.05, 0.1) is 0 Å². The van der Waals surface area contributed by atoms with Gasteiger partial charge in [0, 0.05) is 31.9 Å². The van der Waals surface area contributed by atoms with Gasteiger partial charge in [-0.2, -0.15) is 4.98 Å². The van der Waals surface area contributed by atoms with Crippen LogP contribution in [0.15, 0.2) is 48.5 Å². The van der Waals surface area contributed by atoms with Gasteiger partial charge in [-0.05, 0) is 29.8 Å². The Morgan fingerprint density at radius 1 is 0.950 bits per heavy atom. The summed E-state index contributed by atoms with van der Waals surface area (Å²) in [5, 5.41) is 1.17. The van der Waals surface area contributed by atoms with E-state index >= 15 is 0 Å². The molecule has 2 nitrogen and oxygen atoms in total. The van der Waals surface area contributed by atoms with Crippen LogP contribution in [0.1, 0.15) is 10.6 Å². The van der Waals surface area contributed by atoms with Crippen LogP contribution in [0.25, 0.3) is 22.4 Å². The van der Waals surface area contributed by atoms with Gasteiger partial charge in [0.25, 0.3) is 5.01 Å². The number of hydrogen-bond acceptors (Lipinski definition) is 2. The van der Waals surface area contributed by atoms with Crippen molar-refractivity contribution in [1.82, 2.24) is 0 Å². The summed E-state index contributed by atoms with van der Waals surface area (Å²) in [5.74, 6) is 0. The number of rotatable bonds is 3. The van der Waals surface area contributed by atoms with Crippen LogP contribution < -0.4 is 9.88 Å². The third-order valence-electron chi connectivity index (χ3n) is 3.20. The minimum absolute atomic E-state index is 1.17. The highest BCUT2D eigenvalue weighted by atomic mass is 32.1. The Labute approximate surface area is 123 Å². The van der Waals surface area contributed by atoms with Crippen molar-refractivity contribution in [3.63, 3.8) is 0 Å². The smallest absolute Gasteiger partial charge is 0.261 e. The first-order valence-electron chi connectivity index (χ1n) is 6.59. The van der Waals surface area contributed by atoms with Crippen LogP contribution in [0.4, 0.5) is 5.69 Å². The number of hydrogen-bond donors (Lipinski definition) is 0. The lowest BCUT2D eigenvalue weighted by Crippen LogP contribution is -2.07. The molecule has 0 fully saturated rings. The van der Waals surface area contributed by atoms with Gasteiger partial charge in [-0.3, -0.25) is 0 Å². The number of H-pyrrole nitrogens is 1. The van der Waals surface area contributed by atoms with Gasteiger partial charge in [-0.15, -0.1) is 0 Å². The van der Waals surface area contributed by atoms with E-state index in [1.54, 1.807) is 11.3 Å². The van der Waals surface area contributed by atoms with Crippen molar-refractivity contribution in [2.24, 2.45) is 0 Å². The molecule has 1 N–H and O–H groups in total. The molecule has 0 saturated heterocycles. The molecule has 0 unspecified atom stereocenters. The quantitative estimate of drug-likeness (QED) is 0.710. The van der Waals surface area contributed by atoms with Crippen LogP contribution >= 0.6 is 11.3 Å². The second kappa shape index (κ2) is 5.47. The maximum Gasteiger partial charge on any atom is 0.261 e. The number of aromatic nitrogens is 1. The SMILES string of the molecule is CN(C)c1ccc(C=Cc2[nH+]c3ccccc3s2)cc1. The fraction of sp³-hybridized carbons (Fsp3) is 0.118. The number of anilines is 1. The molecule has 100 valence electrons. The van der Waals surface area contributed by atoms with Crippen molar-refractivity contribution >= 4 is 39.4 Å². The Balaban J connectivity index is 1.82. The van der Waals surface area contributed by atoms with E-state index in [2.05, 4.69) is 84.7 Å². The number of fused-ring (bicyclic) bond motifs is 1. The molecule has 0 radical (unpaired) electrons. The number of nitrogens with zero attached hydrogens (tertiary/aromatic N) is 1. The fourth-order valence-corrected chi connectivity index (χ4v) is 2.98. The molecule has 0 aliphatic rings.